The Morgan fingerprint density at radius 2 is 1.83 bits per heavy atom. The summed E-state index contributed by atoms with van der Waals surface area (Å²) >= 11 is 6.30. The van der Waals surface area contributed by atoms with Gasteiger partial charge in [-0.25, -0.2) is 14.3 Å². The second-order valence-corrected chi connectivity index (χ2v) is 18.0. The van der Waals surface area contributed by atoms with Crippen molar-refractivity contribution in [3.63, 3.8) is 0 Å². The van der Waals surface area contributed by atoms with E-state index in [1.807, 2.05) is 24.3 Å². The molecule has 6 atom stereocenters. The number of alkyl carbamates (subject to hydrolysis) is 1. The second-order valence-electron chi connectivity index (χ2n) is 15.8. The van der Waals surface area contributed by atoms with Crippen LogP contribution in [0.15, 0.2) is 35.5 Å². The van der Waals surface area contributed by atoms with Gasteiger partial charge < -0.3 is 29.7 Å². The highest BCUT2D eigenvalue weighted by molar-refractivity contribution is 7.87. The van der Waals surface area contributed by atoms with E-state index in [1.54, 1.807) is 25.7 Å². The van der Waals surface area contributed by atoms with Crippen LogP contribution in [0.1, 0.15) is 72.1 Å². The molecule has 4 aliphatic heterocycles. The molecule has 2 aliphatic carbocycles. The first-order valence-electron chi connectivity index (χ1n) is 18.7. The van der Waals surface area contributed by atoms with Gasteiger partial charge in [-0.1, -0.05) is 37.1 Å². The maximum atomic E-state index is 14.4. The normalized spacial score (nSPS) is 31.6. The van der Waals surface area contributed by atoms with Gasteiger partial charge in [-0.3, -0.25) is 19.3 Å². The molecule has 1 unspecified atom stereocenters. The minimum atomic E-state index is -4.24. The van der Waals surface area contributed by atoms with Crippen molar-refractivity contribution in [3.8, 4) is 0 Å². The highest BCUT2D eigenvalue weighted by Gasteiger charge is 2.62. The molecule has 298 valence electrons. The molecule has 0 aromatic heterocycles. The summed E-state index contributed by atoms with van der Waals surface area (Å²) in [7, 11) is -4.24. The highest BCUT2D eigenvalue weighted by Crippen LogP contribution is 2.46. The number of nitrogens with zero attached hydrogens (tertiary/aromatic N) is 3. The van der Waals surface area contributed by atoms with Gasteiger partial charge in [-0.15, -0.1) is 11.6 Å². The van der Waals surface area contributed by atoms with Crippen LogP contribution >= 0.6 is 11.6 Å². The van der Waals surface area contributed by atoms with Gasteiger partial charge >= 0.3 is 22.4 Å². The molecule has 0 spiro atoms. The van der Waals surface area contributed by atoms with Gasteiger partial charge in [-0.05, 0) is 64.0 Å². The van der Waals surface area contributed by atoms with Crippen LogP contribution in [-0.2, 0) is 38.8 Å². The van der Waals surface area contributed by atoms with Crippen LogP contribution in [0.25, 0.3) is 0 Å². The van der Waals surface area contributed by atoms with Crippen molar-refractivity contribution in [1.29, 1.82) is 0 Å². The first-order valence-corrected chi connectivity index (χ1v) is 20.6. The zero-order valence-corrected chi connectivity index (χ0v) is 32.6. The molecule has 0 aromatic carbocycles. The summed E-state index contributed by atoms with van der Waals surface area (Å²) in [6, 6.07) is -2.27. The van der Waals surface area contributed by atoms with Crippen LogP contribution in [0.3, 0.4) is 0 Å². The van der Waals surface area contributed by atoms with Crippen molar-refractivity contribution in [2.75, 3.05) is 45.9 Å². The van der Waals surface area contributed by atoms with E-state index in [9.17, 15) is 32.4 Å². The molecular formula is C36H51ClN6O10S. The Hall–Kier alpha value is -3.67. The first-order chi connectivity index (χ1) is 25.5. The molecule has 6 rings (SSSR count). The number of hydrogen-bond acceptors (Lipinski definition) is 10. The Kier molecular flexibility index (Phi) is 12.0. The molecule has 16 nitrogen and oxygen atoms in total. The van der Waals surface area contributed by atoms with E-state index in [-0.39, 0.29) is 57.5 Å². The predicted octanol–water partition coefficient (Wildman–Crippen LogP) is 2.25. The number of hydrogen-bond donors (Lipinski definition) is 3. The number of carbonyl (C=O) groups excluding carboxylic acids is 5. The summed E-state index contributed by atoms with van der Waals surface area (Å²) in [6.07, 6.45) is 8.92. The number of amides is 5. The van der Waals surface area contributed by atoms with E-state index in [4.69, 9.17) is 25.8 Å². The predicted molar refractivity (Wildman–Crippen MR) is 196 cm³/mol. The van der Waals surface area contributed by atoms with Crippen molar-refractivity contribution in [1.82, 2.24) is 29.5 Å². The summed E-state index contributed by atoms with van der Waals surface area (Å²) in [6.45, 7) is 6.18. The maximum Gasteiger partial charge on any atom is 0.410 e. The molecule has 18 heteroatoms. The second kappa shape index (κ2) is 16.2. The molecule has 1 saturated carbocycles. The number of alkyl halides is 1. The zero-order chi connectivity index (χ0) is 38.8. The fourth-order valence-electron chi connectivity index (χ4n) is 7.62. The number of ether oxygens (including phenoxy) is 3. The molecule has 2 saturated heterocycles. The van der Waals surface area contributed by atoms with Crippen LogP contribution in [0.5, 0.6) is 0 Å². The van der Waals surface area contributed by atoms with Crippen LogP contribution in [0.4, 0.5) is 9.59 Å². The number of allylic oxidation sites excluding steroid dienone is 2. The van der Waals surface area contributed by atoms with Crippen LogP contribution in [0, 0.1) is 5.92 Å². The summed E-state index contributed by atoms with van der Waals surface area (Å²) in [4.78, 5) is 71.8. The van der Waals surface area contributed by atoms with Gasteiger partial charge in [0.1, 0.15) is 29.3 Å². The molecule has 0 radical (unpaired) electrons. The lowest BCUT2D eigenvalue weighted by molar-refractivity contribution is -0.141. The Morgan fingerprint density at radius 3 is 2.57 bits per heavy atom. The lowest BCUT2D eigenvalue weighted by Crippen LogP contribution is -2.59. The van der Waals surface area contributed by atoms with Crippen molar-refractivity contribution in [2.24, 2.45) is 5.92 Å². The average molecular weight is 795 g/mol. The van der Waals surface area contributed by atoms with Crippen molar-refractivity contribution in [3.05, 3.63) is 35.5 Å². The molecule has 6 aliphatic rings. The van der Waals surface area contributed by atoms with Crippen LogP contribution < -0.4 is 15.4 Å². The summed E-state index contributed by atoms with van der Waals surface area (Å²) < 4.78 is 46.4. The molecule has 0 bridgehead atoms. The van der Waals surface area contributed by atoms with Gasteiger partial charge in [0, 0.05) is 38.5 Å². The van der Waals surface area contributed by atoms with E-state index < -0.39 is 75.4 Å². The lowest BCUT2D eigenvalue weighted by atomic mass is 10.0. The van der Waals surface area contributed by atoms with Crippen LogP contribution in [0.2, 0.25) is 0 Å². The van der Waals surface area contributed by atoms with Gasteiger partial charge in [0.05, 0.1) is 25.1 Å². The third-order valence-corrected chi connectivity index (χ3v) is 12.3. The Balaban J connectivity index is 1.24. The molecular weight excluding hydrogens is 744 g/mol. The molecule has 3 fully saturated rings. The Bertz CT molecular complexity index is 1710. The topological polar surface area (TPSA) is 193 Å². The van der Waals surface area contributed by atoms with Gasteiger partial charge in [0.15, 0.2) is 0 Å². The summed E-state index contributed by atoms with van der Waals surface area (Å²) in [5.41, 5.74) is -0.380. The minimum Gasteiger partial charge on any atom is -0.444 e. The number of carbonyl (C=O) groups is 5. The number of morpholine rings is 1. The summed E-state index contributed by atoms with van der Waals surface area (Å²) in [5, 5.41) is 5.35. The van der Waals surface area contributed by atoms with Crippen LogP contribution in [-0.4, -0.2) is 133 Å². The highest BCUT2D eigenvalue weighted by atomic mass is 35.5. The fourth-order valence-corrected chi connectivity index (χ4v) is 9.05. The van der Waals surface area contributed by atoms with E-state index in [0.717, 1.165) is 28.3 Å². The number of rotatable bonds is 5. The Labute approximate surface area is 321 Å². The van der Waals surface area contributed by atoms with E-state index in [0.29, 0.717) is 32.4 Å². The molecule has 3 N–H and O–H groups in total. The number of halogens is 1. The van der Waals surface area contributed by atoms with Gasteiger partial charge in [0.2, 0.25) is 11.8 Å². The number of nitrogens with one attached hydrogen (secondary N) is 3. The van der Waals surface area contributed by atoms with Gasteiger partial charge in [-0.2, -0.15) is 12.7 Å². The van der Waals surface area contributed by atoms with E-state index >= 15 is 0 Å². The Morgan fingerprint density at radius 1 is 1.07 bits per heavy atom. The maximum absolute atomic E-state index is 14.4. The van der Waals surface area contributed by atoms with E-state index in [2.05, 4.69) is 15.4 Å². The van der Waals surface area contributed by atoms with Crippen molar-refractivity contribution >= 4 is 51.7 Å². The summed E-state index contributed by atoms with van der Waals surface area (Å²) in [5.74, 6) is -2.66. The smallest absolute Gasteiger partial charge is 0.410 e. The third kappa shape index (κ3) is 9.40. The molecule has 0 aromatic rings. The minimum absolute atomic E-state index is 0.0725. The zero-order valence-electron chi connectivity index (χ0n) is 31.0. The fraction of sp³-hybridized carbons (Fsp3) is 0.694. The third-order valence-electron chi connectivity index (χ3n) is 10.5. The largest absolute Gasteiger partial charge is 0.444 e. The van der Waals surface area contributed by atoms with Crippen molar-refractivity contribution < 1.29 is 46.6 Å². The SMILES string of the molecule is CC(C)(C)OC(=O)N[C@H]1CCCCC/C=C/[C@@H]2C[C@@]2(C(=O)NS(=O)(=O)N2CCOCC2)NC(=O)[C@@H]2C[C@@H](OC(=O)N3CC4=C(CC(Cl)C=C4)C3)CN2C1=O. The lowest BCUT2D eigenvalue weighted by Gasteiger charge is -2.31. The number of fused-ring (bicyclic) bond motifs is 2. The molecule has 54 heavy (non-hydrogen) atoms. The monoisotopic (exact) mass is 794 g/mol. The molecule has 4 heterocycles. The standard InChI is InChI=1S/C36H51ClN6O10S/c1-35(2,3)53-33(47)38-28-10-8-6-4-5-7-9-25-19-36(25,32(46)40-54(49,50)42-13-15-51-16-14-42)39-30(44)29-18-27(22-43(29)31(28)45)52-34(48)41-20-23-11-12-26(37)17-24(23)21-41/h7,9,11-12,25-29H,4-6,8,10,13-22H2,1-3H3,(H,38,47)(H,39,44)(H,40,46)/b9-7+/t25-,26?,27-,28+,29+,36-/m1/s1. The first kappa shape index (κ1) is 40.0. The van der Waals surface area contributed by atoms with E-state index in [1.165, 1.54) is 4.90 Å². The van der Waals surface area contributed by atoms with Crippen molar-refractivity contribution in [2.45, 2.75) is 107 Å². The molecule has 5 amide bonds. The quantitative estimate of drug-likeness (QED) is 0.275. The average Bonchev–Trinajstić information content (AvgIpc) is 3.40. The van der Waals surface area contributed by atoms with Gasteiger partial charge in [0.25, 0.3) is 5.91 Å².